The summed E-state index contributed by atoms with van der Waals surface area (Å²) in [4.78, 5) is 18.3. The lowest BCUT2D eigenvalue weighted by Gasteiger charge is -2.09. The van der Waals surface area contributed by atoms with Gasteiger partial charge in [-0.15, -0.1) is 0 Å². The predicted molar refractivity (Wildman–Crippen MR) is 156 cm³/mol. The summed E-state index contributed by atoms with van der Waals surface area (Å²) >= 11 is 0. The van der Waals surface area contributed by atoms with Gasteiger partial charge in [0.05, 0.1) is 23.8 Å². The van der Waals surface area contributed by atoms with Crippen molar-refractivity contribution in [3.63, 3.8) is 0 Å². The van der Waals surface area contributed by atoms with Gasteiger partial charge in [-0.2, -0.15) is 0 Å². The molecule has 40 heavy (non-hydrogen) atoms. The molecular formula is C32H26N6O2. The molecule has 0 saturated carbocycles. The number of nitrogens with zero attached hydrogens (tertiary/aromatic N) is 5. The van der Waals surface area contributed by atoms with Crippen molar-refractivity contribution >= 4 is 21.9 Å². The monoisotopic (exact) mass is 526 g/mol. The molecule has 0 spiro atoms. The topological polar surface area (TPSA) is 94.7 Å². The molecule has 0 aliphatic carbocycles. The second kappa shape index (κ2) is 9.20. The fourth-order valence-corrected chi connectivity index (χ4v) is 5.42. The van der Waals surface area contributed by atoms with Crippen molar-refractivity contribution in [2.45, 2.75) is 20.8 Å². The lowest BCUT2D eigenvalue weighted by molar-refractivity contribution is 0.393. The van der Waals surface area contributed by atoms with E-state index in [2.05, 4.69) is 45.0 Å². The van der Waals surface area contributed by atoms with E-state index in [0.29, 0.717) is 11.6 Å². The molecule has 0 unspecified atom stereocenters. The van der Waals surface area contributed by atoms with Crippen LogP contribution in [0.25, 0.3) is 61.5 Å². The van der Waals surface area contributed by atoms with Crippen LogP contribution < -0.4 is 4.74 Å². The van der Waals surface area contributed by atoms with E-state index in [1.54, 1.807) is 7.11 Å². The number of H-pyrrole nitrogens is 1. The SMILES string of the molecule is COc1cc2c(cc1-c1c(C)noc1C)[nH]c1nc(C)nc(-c3cn(-c4ccccc4)c(-c4ccccc4)n3)c12. The van der Waals surface area contributed by atoms with Crippen molar-refractivity contribution in [2.24, 2.45) is 0 Å². The molecular weight excluding hydrogens is 500 g/mol. The predicted octanol–water partition coefficient (Wildman–Crippen LogP) is 7.22. The van der Waals surface area contributed by atoms with Crippen LogP contribution in [0.1, 0.15) is 17.3 Å². The van der Waals surface area contributed by atoms with Crippen molar-refractivity contribution in [2.75, 3.05) is 7.11 Å². The lowest BCUT2D eigenvalue weighted by atomic mass is 10.0. The quantitative estimate of drug-likeness (QED) is 0.254. The van der Waals surface area contributed by atoms with Gasteiger partial charge in [-0.3, -0.25) is 4.57 Å². The van der Waals surface area contributed by atoms with E-state index >= 15 is 0 Å². The number of aromatic amines is 1. The molecule has 0 aliphatic heterocycles. The van der Waals surface area contributed by atoms with E-state index < -0.39 is 0 Å². The number of aromatic nitrogens is 6. The maximum Gasteiger partial charge on any atom is 0.145 e. The van der Waals surface area contributed by atoms with Crippen LogP contribution in [0.4, 0.5) is 0 Å². The first-order chi connectivity index (χ1) is 19.5. The van der Waals surface area contributed by atoms with Gasteiger partial charge >= 0.3 is 0 Å². The van der Waals surface area contributed by atoms with Crippen molar-refractivity contribution < 1.29 is 9.26 Å². The molecule has 0 aliphatic rings. The number of rotatable bonds is 5. The van der Waals surface area contributed by atoms with Crippen LogP contribution >= 0.6 is 0 Å². The van der Waals surface area contributed by atoms with Gasteiger partial charge in [0.15, 0.2) is 0 Å². The number of nitrogens with one attached hydrogen (secondary N) is 1. The normalized spacial score (nSPS) is 11.5. The van der Waals surface area contributed by atoms with Crippen LogP contribution in [0.3, 0.4) is 0 Å². The zero-order valence-corrected chi connectivity index (χ0v) is 22.6. The Labute approximate surface area is 230 Å². The molecule has 0 amide bonds. The van der Waals surface area contributed by atoms with E-state index in [1.165, 1.54) is 0 Å². The van der Waals surface area contributed by atoms with Gasteiger partial charge in [-0.1, -0.05) is 53.7 Å². The van der Waals surface area contributed by atoms with Gasteiger partial charge < -0.3 is 14.2 Å². The van der Waals surface area contributed by atoms with Crippen LogP contribution in [-0.2, 0) is 0 Å². The molecule has 0 saturated heterocycles. The highest BCUT2D eigenvalue weighted by atomic mass is 16.5. The molecule has 4 heterocycles. The van der Waals surface area contributed by atoms with E-state index in [-0.39, 0.29) is 0 Å². The molecule has 4 aromatic heterocycles. The van der Waals surface area contributed by atoms with E-state index in [4.69, 9.17) is 24.2 Å². The van der Waals surface area contributed by atoms with Gasteiger partial charge in [0.2, 0.25) is 0 Å². The number of methoxy groups -OCH3 is 1. The fourth-order valence-electron chi connectivity index (χ4n) is 5.42. The van der Waals surface area contributed by atoms with Gasteiger partial charge in [0.25, 0.3) is 0 Å². The van der Waals surface area contributed by atoms with Crippen LogP contribution in [0, 0.1) is 20.8 Å². The highest BCUT2D eigenvalue weighted by molar-refractivity contribution is 6.13. The lowest BCUT2D eigenvalue weighted by Crippen LogP contribution is -1.95. The summed E-state index contributed by atoms with van der Waals surface area (Å²) in [6.07, 6.45) is 2.05. The number of fused-ring (bicyclic) bond motifs is 3. The summed E-state index contributed by atoms with van der Waals surface area (Å²) in [6.45, 7) is 5.74. The fraction of sp³-hybridized carbons (Fsp3) is 0.125. The zero-order chi connectivity index (χ0) is 27.4. The van der Waals surface area contributed by atoms with Crippen LogP contribution in [0.15, 0.2) is 83.5 Å². The molecule has 1 N–H and O–H groups in total. The summed E-state index contributed by atoms with van der Waals surface area (Å²) in [5.74, 6) is 2.95. The Balaban J connectivity index is 1.50. The Bertz CT molecular complexity index is 1940. The highest BCUT2D eigenvalue weighted by Gasteiger charge is 2.23. The van der Waals surface area contributed by atoms with E-state index in [0.717, 1.165) is 73.0 Å². The molecule has 3 aromatic carbocycles. The minimum Gasteiger partial charge on any atom is -0.496 e. The third-order valence-electron chi connectivity index (χ3n) is 7.20. The van der Waals surface area contributed by atoms with Crippen LogP contribution in [-0.4, -0.2) is 36.8 Å². The highest BCUT2D eigenvalue weighted by Crippen LogP contribution is 2.41. The molecule has 196 valence electrons. The van der Waals surface area contributed by atoms with Crippen molar-refractivity contribution in [3.05, 3.63) is 96.3 Å². The van der Waals surface area contributed by atoms with Crippen LogP contribution in [0.5, 0.6) is 5.75 Å². The number of hydrogen-bond acceptors (Lipinski definition) is 6. The Morgan fingerprint density at radius 1 is 0.875 bits per heavy atom. The maximum atomic E-state index is 5.87. The van der Waals surface area contributed by atoms with Gasteiger partial charge in [-0.25, -0.2) is 15.0 Å². The Morgan fingerprint density at radius 2 is 1.62 bits per heavy atom. The van der Waals surface area contributed by atoms with Gasteiger partial charge in [0, 0.05) is 33.9 Å². The van der Waals surface area contributed by atoms with Gasteiger partial charge in [0.1, 0.15) is 40.2 Å². The van der Waals surface area contributed by atoms with E-state index in [1.807, 2.05) is 69.4 Å². The molecule has 0 atom stereocenters. The zero-order valence-electron chi connectivity index (χ0n) is 22.6. The second-order valence-electron chi connectivity index (χ2n) is 9.79. The molecule has 7 aromatic rings. The minimum atomic E-state index is 0.655. The third-order valence-corrected chi connectivity index (χ3v) is 7.20. The second-order valence-corrected chi connectivity index (χ2v) is 9.79. The van der Waals surface area contributed by atoms with Crippen molar-refractivity contribution in [1.82, 2.24) is 29.7 Å². The Morgan fingerprint density at radius 3 is 2.33 bits per heavy atom. The van der Waals surface area contributed by atoms with Crippen LogP contribution in [0.2, 0.25) is 0 Å². The maximum absolute atomic E-state index is 5.87. The smallest absolute Gasteiger partial charge is 0.145 e. The van der Waals surface area contributed by atoms with E-state index in [9.17, 15) is 0 Å². The average Bonchev–Trinajstić information content (AvgIpc) is 3.67. The van der Waals surface area contributed by atoms with Crippen molar-refractivity contribution in [3.8, 4) is 45.3 Å². The first-order valence-electron chi connectivity index (χ1n) is 13.0. The standard InChI is InChI=1S/C32H26N6O2/c1-18-28(19(2)40-37-18)24-15-25-23(16-27(24)39-4)29-30(33-20(3)34-31(29)35-25)26-17-38(22-13-9-6-10-14-22)32(36-26)21-11-7-5-8-12-21/h5-17H,1-4H3,(H,33,34,35). The summed E-state index contributed by atoms with van der Waals surface area (Å²) in [6, 6.07) is 24.5. The summed E-state index contributed by atoms with van der Waals surface area (Å²) in [7, 11) is 1.67. The number of imidazole rings is 1. The molecule has 8 heteroatoms. The van der Waals surface area contributed by atoms with Gasteiger partial charge in [-0.05, 0) is 45.0 Å². The average molecular weight is 527 g/mol. The summed E-state index contributed by atoms with van der Waals surface area (Å²) in [5.41, 5.74) is 7.85. The Hall–Kier alpha value is -5.24. The first kappa shape index (κ1) is 23.8. The number of aryl methyl sites for hydroxylation is 3. The summed E-state index contributed by atoms with van der Waals surface area (Å²) < 4.78 is 13.4. The Kier molecular flexibility index (Phi) is 5.48. The number of para-hydroxylation sites is 1. The van der Waals surface area contributed by atoms with Crippen molar-refractivity contribution in [1.29, 1.82) is 0 Å². The minimum absolute atomic E-state index is 0.655. The third kappa shape index (κ3) is 3.76. The number of hydrogen-bond donors (Lipinski definition) is 1. The number of ether oxygens (including phenoxy) is 1. The largest absolute Gasteiger partial charge is 0.496 e. The molecule has 0 bridgehead atoms. The summed E-state index contributed by atoms with van der Waals surface area (Å²) in [5, 5.41) is 5.99. The first-order valence-corrected chi connectivity index (χ1v) is 13.0. The molecule has 8 nitrogen and oxygen atoms in total. The molecule has 0 fully saturated rings. The molecule has 0 radical (unpaired) electrons. The number of benzene rings is 3. The molecule has 7 rings (SSSR count).